The Balaban J connectivity index is 1.61. The van der Waals surface area contributed by atoms with Crippen molar-refractivity contribution in [2.45, 2.75) is 44.4 Å². The molecule has 8 heteroatoms. The number of amidine groups is 2. The number of halogens is 1. The Morgan fingerprint density at radius 1 is 1.23 bits per heavy atom. The Morgan fingerprint density at radius 2 is 2.03 bits per heavy atom. The molecule has 31 heavy (non-hydrogen) atoms. The molecule has 2 aliphatic heterocycles. The number of amides is 2. The summed E-state index contributed by atoms with van der Waals surface area (Å²) >= 11 is 7.32. The average molecular weight is 455 g/mol. The number of anilines is 1. The van der Waals surface area contributed by atoms with Gasteiger partial charge in [-0.3, -0.25) is 14.6 Å². The molecule has 0 bridgehead atoms. The molecule has 2 amide bonds. The number of para-hydroxylation sites is 1. The van der Waals surface area contributed by atoms with Crippen LogP contribution < -0.4 is 5.32 Å². The molecule has 2 heterocycles. The van der Waals surface area contributed by atoms with E-state index < -0.39 is 11.3 Å². The van der Waals surface area contributed by atoms with Crippen LogP contribution >= 0.6 is 23.4 Å². The normalized spacial score (nSPS) is 18.1. The van der Waals surface area contributed by atoms with Crippen LogP contribution in [0, 0.1) is 0 Å². The monoisotopic (exact) mass is 454 g/mol. The first-order chi connectivity index (χ1) is 15.0. The number of hydrogen-bond acceptors (Lipinski definition) is 5. The highest BCUT2D eigenvalue weighted by molar-refractivity contribution is 8.15. The van der Waals surface area contributed by atoms with Gasteiger partial charge in [-0.2, -0.15) is 0 Å². The van der Waals surface area contributed by atoms with Gasteiger partial charge in [0, 0.05) is 16.3 Å². The molecule has 2 atom stereocenters. The summed E-state index contributed by atoms with van der Waals surface area (Å²) in [5.41, 5.74) is 2.24. The van der Waals surface area contributed by atoms with Crippen molar-refractivity contribution in [1.82, 2.24) is 4.90 Å². The van der Waals surface area contributed by atoms with E-state index in [0.717, 1.165) is 17.7 Å². The van der Waals surface area contributed by atoms with Gasteiger partial charge in [-0.25, -0.2) is 9.89 Å². The number of rotatable bonds is 6. The third kappa shape index (κ3) is 4.38. The zero-order valence-electron chi connectivity index (χ0n) is 17.3. The van der Waals surface area contributed by atoms with Crippen molar-refractivity contribution in [3.05, 3.63) is 59.1 Å². The Bertz CT molecular complexity index is 1080. The highest BCUT2D eigenvalue weighted by Gasteiger charge is 2.41. The second-order valence-electron chi connectivity index (χ2n) is 7.36. The van der Waals surface area contributed by atoms with Crippen molar-refractivity contribution in [1.29, 1.82) is 0 Å². The number of benzene rings is 2. The quantitative estimate of drug-likeness (QED) is 0.647. The number of aliphatic imine (C=N–C) groups is 2. The van der Waals surface area contributed by atoms with Crippen molar-refractivity contribution < 1.29 is 9.59 Å². The Labute approximate surface area is 190 Å². The summed E-state index contributed by atoms with van der Waals surface area (Å²) in [6.07, 6.45) is 2.12. The van der Waals surface area contributed by atoms with Crippen molar-refractivity contribution >= 4 is 57.6 Å². The van der Waals surface area contributed by atoms with E-state index in [4.69, 9.17) is 21.6 Å². The van der Waals surface area contributed by atoms with Gasteiger partial charge < -0.3 is 5.32 Å². The lowest BCUT2D eigenvalue weighted by Crippen LogP contribution is -2.42. The van der Waals surface area contributed by atoms with Crippen molar-refractivity contribution in [3.8, 4) is 0 Å². The third-order valence-corrected chi connectivity index (χ3v) is 6.66. The van der Waals surface area contributed by atoms with Gasteiger partial charge in [-0.15, -0.1) is 0 Å². The first kappa shape index (κ1) is 21.6. The van der Waals surface area contributed by atoms with Crippen LogP contribution in [0.4, 0.5) is 11.4 Å². The number of carbonyl (C=O) groups excluding carboxylic acids is 2. The molecule has 0 saturated heterocycles. The zero-order valence-corrected chi connectivity index (χ0v) is 18.9. The molecular weight excluding hydrogens is 432 g/mol. The Morgan fingerprint density at radius 3 is 2.77 bits per heavy atom. The van der Waals surface area contributed by atoms with Crippen molar-refractivity contribution in [2.24, 2.45) is 9.98 Å². The molecular formula is C23H23ClN4O2S. The fourth-order valence-electron chi connectivity index (χ4n) is 3.58. The van der Waals surface area contributed by atoms with Gasteiger partial charge in [0.2, 0.25) is 5.91 Å². The van der Waals surface area contributed by atoms with Crippen LogP contribution in [0.15, 0.2) is 58.5 Å². The standard InChI is InChI=1S/C23H23ClN4O2S/c1-3-8-18-22(30)28-20(26-18)16-11-5-6-12-17(16)27-23(28)31-19(4-2)21(29)25-15-10-7-9-14(24)13-15/h5-7,9-13,18-19H,3-4,8H2,1-2H3,(H,25,29)/t18-,19+/m0/s1. The van der Waals surface area contributed by atoms with E-state index in [2.05, 4.69) is 5.32 Å². The summed E-state index contributed by atoms with van der Waals surface area (Å²) in [6.45, 7) is 3.98. The van der Waals surface area contributed by atoms with Gasteiger partial charge in [-0.1, -0.05) is 61.8 Å². The number of fused-ring (bicyclic) bond motifs is 3. The molecule has 0 fully saturated rings. The summed E-state index contributed by atoms with van der Waals surface area (Å²) in [6, 6.07) is 14.3. The summed E-state index contributed by atoms with van der Waals surface area (Å²) in [5, 5.41) is 3.53. The lowest BCUT2D eigenvalue weighted by Gasteiger charge is -2.27. The molecule has 4 rings (SSSR count). The van der Waals surface area contributed by atoms with E-state index in [9.17, 15) is 9.59 Å². The topological polar surface area (TPSA) is 74.1 Å². The minimum atomic E-state index is -0.428. The predicted molar refractivity (Wildman–Crippen MR) is 127 cm³/mol. The van der Waals surface area contributed by atoms with Crippen LogP contribution in [0.2, 0.25) is 5.02 Å². The van der Waals surface area contributed by atoms with Gasteiger partial charge in [0.15, 0.2) is 5.17 Å². The Hall–Kier alpha value is -2.64. The summed E-state index contributed by atoms with van der Waals surface area (Å²) in [7, 11) is 0. The molecule has 2 aliphatic rings. The van der Waals surface area contributed by atoms with Gasteiger partial charge in [0.1, 0.15) is 11.9 Å². The van der Waals surface area contributed by atoms with Crippen LogP contribution in [-0.4, -0.2) is 39.0 Å². The molecule has 6 nitrogen and oxygen atoms in total. The molecule has 0 saturated carbocycles. The maximum absolute atomic E-state index is 13.1. The molecule has 0 aliphatic carbocycles. The smallest absolute Gasteiger partial charge is 0.259 e. The molecule has 0 radical (unpaired) electrons. The average Bonchev–Trinajstić information content (AvgIpc) is 3.09. The second kappa shape index (κ2) is 9.24. The summed E-state index contributed by atoms with van der Waals surface area (Å²) in [4.78, 5) is 37.1. The van der Waals surface area contributed by atoms with Gasteiger partial charge in [-0.05, 0) is 43.2 Å². The number of nitrogens with one attached hydrogen (secondary N) is 1. The molecule has 0 aromatic heterocycles. The maximum atomic E-state index is 13.1. The predicted octanol–water partition coefficient (Wildman–Crippen LogP) is 5.25. The molecule has 0 spiro atoms. The van der Waals surface area contributed by atoms with E-state index in [1.165, 1.54) is 11.8 Å². The van der Waals surface area contributed by atoms with E-state index >= 15 is 0 Å². The fraction of sp³-hybridized carbons (Fsp3) is 0.304. The van der Waals surface area contributed by atoms with Crippen LogP contribution in [-0.2, 0) is 9.59 Å². The summed E-state index contributed by atoms with van der Waals surface area (Å²) in [5.74, 6) is 0.385. The first-order valence-corrected chi connectivity index (χ1v) is 11.6. The zero-order chi connectivity index (χ0) is 22.0. The highest BCUT2D eigenvalue weighted by atomic mass is 35.5. The Kier molecular flexibility index (Phi) is 6.43. The number of thioether (sulfide) groups is 1. The van der Waals surface area contributed by atoms with E-state index in [-0.39, 0.29) is 11.8 Å². The van der Waals surface area contributed by atoms with Crippen LogP contribution in [0.1, 0.15) is 38.7 Å². The second-order valence-corrected chi connectivity index (χ2v) is 8.96. The first-order valence-electron chi connectivity index (χ1n) is 10.3. The van der Waals surface area contributed by atoms with E-state index in [1.54, 1.807) is 29.2 Å². The van der Waals surface area contributed by atoms with Gasteiger partial charge in [0.25, 0.3) is 5.91 Å². The molecule has 160 valence electrons. The third-order valence-electron chi connectivity index (χ3n) is 5.11. The largest absolute Gasteiger partial charge is 0.325 e. The lowest BCUT2D eigenvalue weighted by atomic mass is 10.1. The van der Waals surface area contributed by atoms with E-state index in [0.29, 0.717) is 34.6 Å². The number of nitrogens with zero attached hydrogens (tertiary/aromatic N) is 3. The molecule has 2 aromatic carbocycles. The summed E-state index contributed by atoms with van der Waals surface area (Å²) < 4.78 is 0. The van der Waals surface area contributed by atoms with E-state index in [1.807, 2.05) is 38.1 Å². The maximum Gasteiger partial charge on any atom is 0.259 e. The minimum absolute atomic E-state index is 0.0808. The SMILES string of the molecule is CCC[C@@H]1N=C2c3ccccc3N=C(S[C@H](CC)C(=O)Nc3cccc(Cl)c3)N2C1=O. The van der Waals surface area contributed by atoms with Gasteiger partial charge >= 0.3 is 0 Å². The van der Waals surface area contributed by atoms with Crippen LogP contribution in [0.25, 0.3) is 0 Å². The molecule has 1 N–H and O–H groups in total. The number of hydrogen-bond donors (Lipinski definition) is 1. The lowest BCUT2D eigenvalue weighted by molar-refractivity contribution is -0.124. The van der Waals surface area contributed by atoms with Gasteiger partial charge in [0.05, 0.1) is 10.9 Å². The number of carbonyl (C=O) groups is 2. The van der Waals surface area contributed by atoms with Crippen LogP contribution in [0.5, 0.6) is 0 Å². The highest BCUT2D eigenvalue weighted by Crippen LogP contribution is 2.36. The van der Waals surface area contributed by atoms with Crippen molar-refractivity contribution in [2.75, 3.05) is 5.32 Å². The van der Waals surface area contributed by atoms with Crippen molar-refractivity contribution in [3.63, 3.8) is 0 Å². The molecule has 2 aromatic rings. The fourth-order valence-corrected chi connectivity index (χ4v) is 4.79. The minimum Gasteiger partial charge on any atom is -0.325 e. The van der Waals surface area contributed by atoms with Crippen LogP contribution in [0.3, 0.4) is 0 Å². The molecule has 0 unspecified atom stereocenters.